The maximum Gasteiger partial charge on any atom is 0.282 e. The zero-order chi connectivity index (χ0) is 19.4. The quantitative estimate of drug-likeness (QED) is 0.749. The van der Waals surface area contributed by atoms with E-state index in [1.54, 1.807) is 4.90 Å². The van der Waals surface area contributed by atoms with Crippen LogP contribution in [0.1, 0.15) is 11.1 Å². The Kier molecular flexibility index (Phi) is 6.38. The summed E-state index contributed by atoms with van der Waals surface area (Å²) in [6, 6.07) is 5.96. The third kappa shape index (κ3) is 5.01. The average Bonchev–Trinajstić information content (AvgIpc) is 3.03. The Bertz CT molecular complexity index is 711. The van der Waals surface area contributed by atoms with E-state index in [0.29, 0.717) is 26.2 Å². The van der Waals surface area contributed by atoms with Gasteiger partial charge in [0.05, 0.1) is 26.2 Å². The fourth-order valence-corrected chi connectivity index (χ4v) is 4.33. The van der Waals surface area contributed by atoms with Crippen molar-refractivity contribution in [3.63, 3.8) is 0 Å². The highest BCUT2D eigenvalue weighted by Gasteiger charge is 2.29. The first kappa shape index (κ1) is 19.7. The van der Waals surface area contributed by atoms with Gasteiger partial charge in [-0.25, -0.2) is 0 Å². The maximum absolute atomic E-state index is 12.4. The minimum atomic E-state index is -0.00391. The number of aryl methyl sites for hydroxylation is 2. The number of hydrogen-bond acceptors (Lipinski definition) is 4. The van der Waals surface area contributed by atoms with Crippen molar-refractivity contribution >= 4 is 34.5 Å². The largest absolute Gasteiger partial charge is 0.330 e. The summed E-state index contributed by atoms with van der Waals surface area (Å²) in [5.41, 5.74) is 3.01. The van der Waals surface area contributed by atoms with Crippen molar-refractivity contribution in [3.8, 4) is 0 Å². The van der Waals surface area contributed by atoms with E-state index in [1.165, 1.54) is 16.7 Å². The second kappa shape index (κ2) is 8.75. The second-order valence-electron chi connectivity index (χ2n) is 7.16. The van der Waals surface area contributed by atoms with Gasteiger partial charge in [-0.15, -0.1) is 0 Å². The third-order valence-corrected chi connectivity index (χ3v) is 6.04. The molecule has 2 aliphatic rings. The second-order valence-corrected chi connectivity index (χ2v) is 8.20. The molecule has 0 bridgehead atoms. The van der Waals surface area contributed by atoms with Crippen molar-refractivity contribution in [2.75, 3.05) is 56.9 Å². The fraction of sp³-hybridized carbons (Fsp3) is 0.526. The molecule has 8 heteroatoms. The molecule has 2 N–H and O–H groups in total. The van der Waals surface area contributed by atoms with Gasteiger partial charge in [-0.05, 0) is 25.0 Å². The van der Waals surface area contributed by atoms with Crippen LogP contribution in [0.4, 0.5) is 10.5 Å². The monoisotopic (exact) mass is 391 g/mol. The number of hydrogen-bond donors (Lipinski definition) is 2. The molecule has 2 heterocycles. The van der Waals surface area contributed by atoms with Crippen LogP contribution in [0.3, 0.4) is 0 Å². The lowest BCUT2D eigenvalue weighted by Gasteiger charge is -2.32. The Labute approximate surface area is 164 Å². The summed E-state index contributed by atoms with van der Waals surface area (Å²) in [6.07, 6.45) is 0. The molecule has 2 aliphatic heterocycles. The van der Waals surface area contributed by atoms with Gasteiger partial charge < -0.3 is 20.0 Å². The smallest absolute Gasteiger partial charge is 0.282 e. The van der Waals surface area contributed by atoms with E-state index in [-0.39, 0.29) is 23.6 Å². The Morgan fingerprint density at radius 1 is 1.15 bits per heavy atom. The molecule has 146 valence electrons. The Morgan fingerprint density at radius 3 is 2.41 bits per heavy atom. The van der Waals surface area contributed by atoms with Gasteiger partial charge in [-0.2, -0.15) is 0 Å². The van der Waals surface area contributed by atoms with Crippen molar-refractivity contribution in [1.29, 1.82) is 0 Å². The number of amides is 3. The number of nitrogens with one attached hydrogen (secondary N) is 2. The zero-order valence-electron chi connectivity index (χ0n) is 15.9. The lowest BCUT2D eigenvalue weighted by molar-refractivity contribution is -0.895. The molecule has 3 rings (SSSR count). The molecule has 0 saturated carbocycles. The summed E-state index contributed by atoms with van der Waals surface area (Å²) >= 11 is 1.27. The summed E-state index contributed by atoms with van der Waals surface area (Å²) in [7, 11) is 0. The van der Waals surface area contributed by atoms with Crippen LogP contribution in [0.5, 0.6) is 0 Å². The van der Waals surface area contributed by atoms with Gasteiger partial charge in [0.2, 0.25) is 5.91 Å². The minimum absolute atomic E-state index is 0.00173. The number of benzene rings is 1. The van der Waals surface area contributed by atoms with E-state index >= 15 is 0 Å². The molecule has 27 heavy (non-hydrogen) atoms. The van der Waals surface area contributed by atoms with E-state index in [0.717, 1.165) is 35.7 Å². The zero-order valence-corrected chi connectivity index (χ0v) is 16.7. The van der Waals surface area contributed by atoms with E-state index < -0.39 is 0 Å². The van der Waals surface area contributed by atoms with Crippen LogP contribution < -0.4 is 10.2 Å². The molecule has 1 aromatic carbocycles. The first-order valence-electron chi connectivity index (χ1n) is 9.33. The van der Waals surface area contributed by atoms with Crippen LogP contribution in [0.2, 0.25) is 0 Å². The first-order chi connectivity index (χ1) is 12.9. The molecule has 0 radical (unpaired) electrons. The van der Waals surface area contributed by atoms with Crippen molar-refractivity contribution in [1.82, 2.24) is 9.80 Å². The van der Waals surface area contributed by atoms with Crippen molar-refractivity contribution in [2.45, 2.75) is 13.8 Å². The number of nitrogens with zero attached hydrogens (tertiary/aromatic N) is 2. The van der Waals surface area contributed by atoms with Crippen LogP contribution in [0.15, 0.2) is 18.2 Å². The molecule has 2 saturated heterocycles. The van der Waals surface area contributed by atoms with Gasteiger partial charge >= 0.3 is 0 Å². The minimum Gasteiger partial charge on any atom is -0.330 e. The third-order valence-electron chi connectivity index (χ3n) is 5.15. The Balaban J connectivity index is 1.44. The summed E-state index contributed by atoms with van der Waals surface area (Å²) < 4.78 is 0. The normalized spacial score (nSPS) is 18.1. The molecule has 0 atom stereocenters. The molecule has 0 aliphatic carbocycles. The Morgan fingerprint density at radius 2 is 1.81 bits per heavy atom. The highest BCUT2D eigenvalue weighted by Crippen LogP contribution is 2.19. The Hall–Kier alpha value is -2.06. The van der Waals surface area contributed by atoms with Crippen molar-refractivity contribution < 1.29 is 19.3 Å². The highest BCUT2D eigenvalue weighted by molar-refractivity contribution is 8.13. The van der Waals surface area contributed by atoms with Gasteiger partial charge in [0.15, 0.2) is 6.54 Å². The SMILES string of the molecule is Cc1cccc(C)c1NC(=O)C[NH+]1CCN(C(=O)CN2CCSC2=O)CC1. The summed E-state index contributed by atoms with van der Waals surface area (Å²) in [4.78, 5) is 41.0. The predicted molar refractivity (Wildman–Crippen MR) is 106 cm³/mol. The average molecular weight is 392 g/mol. The van der Waals surface area contributed by atoms with Crippen molar-refractivity contribution in [2.24, 2.45) is 0 Å². The van der Waals surface area contributed by atoms with E-state index in [1.807, 2.05) is 36.9 Å². The lowest BCUT2D eigenvalue weighted by Crippen LogP contribution is -3.15. The number of thioether (sulfide) groups is 1. The van der Waals surface area contributed by atoms with Gasteiger partial charge in [-0.1, -0.05) is 30.0 Å². The number of anilines is 1. The first-order valence-corrected chi connectivity index (χ1v) is 10.3. The number of piperazine rings is 1. The van der Waals surface area contributed by atoms with E-state index in [4.69, 9.17) is 0 Å². The topological polar surface area (TPSA) is 74.2 Å². The van der Waals surface area contributed by atoms with Gasteiger partial charge in [0.25, 0.3) is 11.1 Å². The van der Waals surface area contributed by atoms with Gasteiger partial charge in [0, 0.05) is 18.0 Å². The van der Waals surface area contributed by atoms with E-state index in [9.17, 15) is 14.4 Å². The van der Waals surface area contributed by atoms with Crippen LogP contribution in [0.25, 0.3) is 0 Å². The molecule has 0 spiro atoms. The molecule has 2 fully saturated rings. The number of rotatable bonds is 5. The molecular formula is C19H27N4O3S+. The molecule has 1 aromatic rings. The number of carbonyl (C=O) groups excluding carboxylic acids is 3. The van der Waals surface area contributed by atoms with Crippen LogP contribution in [-0.2, 0) is 9.59 Å². The number of carbonyl (C=O) groups is 3. The van der Waals surface area contributed by atoms with Crippen LogP contribution >= 0.6 is 11.8 Å². The van der Waals surface area contributed by atoms with Gasteiger partial charge in [0.1, 0.15) is 6.54 Å². The standard InChI is InChI=1S/C19H26N4O3S/c1-14-4-3-5-15(2)18(14)20-16(24)12-21-6-8-22(9-7-21)17(25)13-23-10-11-27-19(23)26/h3-5H,6-13H2,1-2H3,(H,20,24)/p+1. The summed E-state index contributed by atoms with van der Waals surface area (Å²) in [6.45, 7) is 7.94. The molecule has 7 nitrogen and oxygen atoms in total. The van der Waals surface area contributed by atoms with Crippen LogP contribution in [0, 0.1) is 13.8 Å². The number of para-hydroxylation sites is 1. The lowest BCUT2D eigenvalue weighted by atomic mass is 10.1. The molecule has 0 unspecified atom stereocenters. The van der Waals surface area contributed by atoms with Gasteiger partial charge in [-0.3, -0.25) is 14.4 Å². The number of quaternary nitrogens is 1. The van der Waals surface area contributed by atoms with Crippen molar-refractivity contribution in [3.05, 3.63) is 29.3 Å². The fourth-order valence-electron chi connectivity index (χ4n) is 3.50. The highest BCUT2D eigenvalue weighted by atomic mass is 32.2. The summed E-state index contributed by atoms with van der Waals surface area (Å²) in [5.74, 6) is 0.770. The molecule has 3 amide bonds. The molecular weight excluding hydrogens is 364 g/mol. The maximum atomic E-state index is 12.4. The molecule has 0 aromatic heterocycles. The van der Waals surface area contributed by atoms with Crippen LogP contribution in [-0.4, -0.2) is 78.4 Å². The summed E-state index contributed by atoms with van der Waals surface area (Å²) in [5, 5.41) is 3.02. The van der Waals surface area contributed by atoms with E-state index in [2.05, 4.69) is 5.32 Å². The predicted octanol–water partition coefficient (Wildman–Crippen LogP) is 0.138.